The summed E-state index contributed by atoms with van der Waals surface area (Å²) >= 11 is 0. The molecule has 0 spiro atoms. The van der Waals surface area contributed by atoms with Crippen LogP contribution in [-0.2, 0) is 6.54 Å². The zero-order chi connectivity index (χ0) is 17.0. The number of H-pyrrole nitrogens is 1. The van der Waals surface area contributed by atoms with Crippen molar-refractivity contribution in [2.24, 2.45) is 0 Å². The Labute approximate surface area is 145 Å². The van der Waals surface area contributed by atoms with E-state index in [1.165, 1.54) is 12.8 Å². The van der Waals surface area contributed by atoms with Gasteiger partial charge in [0.2, 0.25) is 0 Å². The smallest absolute Gasteiger partial charge is 0.181 e. The van der Waals surface area contributed by atoms with Crippen molar-refractivity contribution in [3.05, 3.63) is 47.5 Å². The van der Waals surface area contributed by atoms with Gasteiger partial charge in [-0.15, -0.1) is 0 Å². The fraction of sp³-hybridized carbons (Fsp3) is 0.368. The van der Waals surface area contributed by atoms with Crippen LogP contribution >= 0.6 is 0 Å². The summed E-state index contributed by atoms with van der Waals surface area (Å²) in [4.78, 5) is 9.14. The van der Waals surface area contributed by atoms with E-state index in [9.17, 15) is 4.39 Å². The van der Waals surface area contributed by atoms with Crippen molar-refractivity contribution >= 4 is 22.4 Å². The summed E-state index contributed by atoms with van der Waals surface area (Å²) in [6.07, 6.45) is 4.36. The van der Waals surface area contributed by atoms with Gasteiger partial charge < -0.3 is 9.80 Å². The van der Waals surface area contributed by atoms with Gasteiger partial charge in [0.15, 0.2) is 5.65 Å². The lowest BCUT2D eigenvalue weighted by molar-refractivity contribution is 0.621. The molecule has 1 aliphatic heterocycles. The Morgan fingerprint density at radius 3 is 2.92 bits per heavy atom. The first-order chi connectivity index (χ1) is 12.2. The van der Waals surface area contributed by atoms with Crippen LogP contribution in [0.4, 0.5) is 15.8 Å². The van der Waals surface area contributed by atoms with E-state index in [-0.39, 0.29) is 5.82 Å². The van der Waals surface area contributed by atoms with Crippen molar-refractivity contribution in [3.63, 3.8) is 0 Å². The number of halogens is 1. The SMILES string of the molecule is Cc1[nH]nc2ncc(CN3CCN(C4CC4)c4ccc(F)cc43)cc12. The van der Waals surface area contributed by atoms with E-state index in [2.05, 4.69) is 31.0 Å². The van der Waals surface area contributed by atoms with Crippen molar-refractivity contribution in [2.75, 3.05) is 22.9 Å². The lowest BCUT2D eigenvalue weighted by Gasteiger charge is -2.39. The first kappa shape index (κ1) is 14.7. The number of nitrogens with zero attached hydrogens (tertiary/aromatic N) is 4. The van der Waals surface area contributed by atoms with Crippen LogP contribution in [0.2, 0.25) is 0 Å². The van der Waals surface area contributed by atoms with Crippen molar-refractivity contribution in [1.82, 2.24) is 15.2 Å². The maximum atomic E-state index is 13.9. The third-order valence-electron chi connectivity index (χ3n) is 5.22. The van der Waals surface area contributed by atoms with Crippen LogP contribution in [0.25, 0.3) is 11.0 Å². The number of pyridine rings is 1. The number of hydrogen-bond acceptors (Lipinski definition) is 4. The van der Waals surface area contributed by atoms with Gasteiger partial charge in [-0.1, -0.05) is 0 Å². The summed E-state index contributed by atoms with van der Waals surface area (Å²) in [7, 11) is 0. The van der Waals surface area contributed by atoms with Gasteiger partial charge in [0, 0.05) is 43.0 Å². The predicted octanol–water partition coefficient (Wildman–Crippen LogP) is 3.39. The number of hydrogen-bond donors (Lipinski definition) is 1. The molecule has 1 N–H and O–H groups in total. The molecule has 6 heteroatoms. The molecule has 5 rings (SSSR count). The maximum absolute atomic E-state index is 13.9. The molecule has 0 bridgehead atoms. The zero-order valence-electron chi connectivity index (χ0n) is 14.2. The molecule has 3 heterocycles. The molecule has 0 amide bonds. The van der Waals surface area contributed by atoms with Gasteiger partial charge in [-0.3, -0.25) is 5.10 Å². The van der Waals surface area contributed by atoms with E-state index in [1.807, 2.05) is 19.2 Å². The van der Waals surface area contributed by atoms with E-state index in [0.29, 0.717) is 6.04 Å². The topological polar surface area (TPSA) is 48.1 Å². The quantitative estimate of drug-likeness (QED) is 0.796. The lowest BCUT2D eigenvalue weighted by atomic mass is 10.1. The number of benzene rings is 1. The van der Waals surface area contributed by atoms with E-state index in [0.717, 1.165) is 53.3 Å². The highest BCUT2D eigenvalue weighted by Gasteiger charge is 2.34. The third kappa shape index (κ3) is 2.52. The summed E-state index contributed by atoms with van der Waals surface area (Å²) in [5, 5.41) is 8.21. The van der Waals surface area contributed by atoms with Crippen molar-refractivity contribution < 1.29 is 4.39 Å². The molecule has 25 heavy (non-hydrogen) atoms. The van der Waals surface area contributed by atoms with Crippen LogP contribution in [0.5, 0.6) is 0 Å². The molecule has 3 aromatic rings. The van der Waals surface area contributed by atoms with E-state index >= 15 is 0 Å². The summed E-state index contributed by atoms with van der Waals surface area (Å²) in [5.41, 5.74) is 5.03. The molecule has 2 aliphatic rings. The molecule has 1 aromatic carbocycles. The monoisotopic (exact) mass is 337 g/mol. The second-order valence-corrected chi connectivity index (χ2v) is 7.04. The first-order valence-electron chi connectivity index (χ1n) is 8.80. The molecule has 2 aromatic heterocycles. The molecule has 5 nitrogen and oxygen atoms in total. The van der Waals surface area contributed by atoms with Gasteiger partial charge in [-0.25, -0.2) is 9.37 Å². The van der Waals surface area contributed by atoms with Gasteiger partial charge in [0.05, 0.1) is 11.4 Å². The Hall–Kier alpha value is -2.63. The second-order valence-electron chi connectivity index (χ2n) is 7.04. The molecule has 0 unspecified atom stereocenters. The normalized spacial score (nSPS) is 17.2. The largest absolute Gasteiger partial charge is 0.365 e. The van der Waals surface area contributed by atoms with Crippen LogP contribution in [0.1, 0.15) is 24.1 Å². The molecule has 0 atom stereocenters. The molecule has 1 fully saturated rings. The first-order valence-corrected chi connectivity index (χ1v) is 8.80. The highest BCUT2D eigenvalue weighted by atomic mass is 19.1. The Morgan fingerprint density at radius 1 is 1.20 bits per heavy atom. The minimum atomic E-state index is -0.180. The Morgan fingerprint density at radius 2 is 2.08 bits per heavy atom. The van der Waals surface area contributed by atoms with Gasteiger partial charge in [0.1, 0.15) is 5.82 Å². The standard InChI is InChI=1S/C19H20FN5/c1-12-16-8-13(10-21-19(16)23-22-12)11-24-6-7-25(15-3-4-15)17-5-2-14(20)9-18(17)24/h2,5,8-10,15H,3-4,6-7,11H2,1H3,(H,21,22,23). The van der Waals surface area contributed by atoms with E-state index in [1.54, 1.807) is 12.1 Å². The van der Waals surface area contributed by atoms with Crippen LogP contribution < -0.4 is 9.80 Å². The Bertz CT molecular complexity index is 946. The van der Waals surface area contributed by atoms with Crippen LogP contribution in [0.3, 0.4) is 0 Å². The van der Waals surface area contributed by atoms with Gasteiger partial charge in [0.25, 0.3) is 0 Å². The number of fused-ring (bicyclic) bond motifs is 2. The van der Waals surface area contributed by atoms with Crippen molar-refractivity contribution in [3.8, 4) is 0 Å². The zero-order valence-corrected chi connectivity index (χ0v) is 14.2. The summed E-state index contributed by atoms with van der Waals surface area (Å²) in [6, 6.07) is 7.93. The molecular weight excluding hydrogens is 317 g/mol. The van der Waals surface area contributed by atoms with E-state index < -0.39 is 0 Å². The summed E-state index contributed by atoms with van der Waals surface area (Å²) in [5.74, 6) is -0.180. The van der Waals surface area contributed by atoms with Gasteiger partial charge >= 0.3 is 0 Å². The molecular formula is C19H20FN5. The Kier molecular flexibility index (Phi) is 3.20. The number of aromatic amines is 1. The third-order valence-corrected chi connectivity index (χ3v) is 5.22. The molecule has 1 saturated carbocycles. The minimum absolute atomic E-state index is 0.180. The summed E-state index contributed by atoms with van der Waals surface area (Å²) < 4.78 is 13.9. The Balaban J connectivity index is 1.49. The van der Waals surface area contributed by atoms with Gasteiger partial charge in [-0.05, 0) is 49.6 Å². The van der Waals surface area contributed by atoms with Crippen LogP contribution in [-0.4, -0.2) is 34.3 Å². The number of aryl methyl sites for hydroxylation is 1. The lowest BCUT2D eigenvalue weighted by Crippen LogP contribution is -2.42. The summed E-state index contributed by atoms with van der Waals surface area (Å²) in [6.45, 7) is 4.61. The molecule has 1 aliphatic carbocycles. The number of nitrogens with one attached hydrogen (secondary N) is 1. The van der Waals surface area contributed by atoms with Crippen LogP contribution in [0.15, 0.2) is 30.5 Å². The fourth-order valence-corrected chi connectivity index (χ4v) is 3.76. The second kappa shape index (κ2) is 5.44. The maximum Gasteiger partial charge on any atom is 0.181 e. The number of anilines is 2. The average Bonchev–Trinajstić information content (AvgIpc) is 3.39. The van der Waals surface area contributed by atoms with Gasteiger partial charge in [-0.2, -0.15) is 5.10 Å². The highest BCUT2D eigenvalue weighted by Crippen LogP contribution is 2.40. The predicted molar refractivity (Wildman–Crippen MR) is 96.4 cm³/mol. The number of rotatable bonds is 3. The fourth-order valence-electron chi connectivity index (χ4n) is 3.76. The van der Waals surface area contributed by atoms with E-state index in [4.69, 9.17) is 0 Å². The van der Waals surface area contributed by atoms with Crippen LogP contribution in [0, 0.1) is 12.7 Å². The highest BCUT2D eigenvalue weighted by molar-refractivity contribution is 5.78. The molecule has 0 radical (unpaired) electrons. The van der Waals surface area contributed by atoms with Crippen molar-refractivity contribution in [2.45, 2.75) is 32.4 Å². The molecule has 0 saturated heterocycles. The minimum Gasteiger partial charge on any atom is -0.365 e. The molecule has 128 valence electrons. The number of aromatic nitrogens is 3. The average molecular weight is 337 g/mol. The van der Waals surface area contributed by atoms with Crippen molar-refractivity contribution in [1.29, 1.82) is 0 Å².